The minimum atomic E-state index is -4.75. The molecule has 2 atom stereocenters. The van der Waals surface area contributed by atoms with Gasteiger partial charge in [-0.15, -0.1) is 0 Å². The third-order valence-corrected chi connectivity index (χ3v) is 4.51. The summed E-state index contributed by atoms with van der Waals surface area (Å²) in [5.41, 5.74) is -2.43. The van der Waals surface area contributed by atoms with E-state index in [4.69, 9.17) is 0 Å². The fourth-order valence-electron chi connectivity index (χ4n) is 3.44. The van der Waals surface area contributed by atoms with Crippen molar-refractivity contribution >= 4 is 0 Å². The molecule has 1 N–H and O–H groups in total. The van der Waals surface area contributed by atoms with Crippen LogP contribution in [0.5, 0.6) is 0 Å². The SMILES string of the molecule is CC(C)C1CCCCC1(O)c1ccc(F)c(C(F)(F)F)c1. The molecule has 1 aromatic carbocycles. The summed E-state index contributed by atoms with van der Waals surface area (Å²) in [5, 5.41) is 11.0. The Hall–Kier alpha value is -1.10. The van der Waals surface area contributed by atoms with Crippen molar-refractivity contribution in [2.24, 2.45) is 11.8 Å². The lowest BCUT2D eigenvalue weighted by atomic mass is 9.67. The number of benzene rings is 1. The summed E-state index contributed by atoms with van der Waals surface area (Å²) >= 11 is 0. The highest BCUT2D eigenvalue weighted by Gasteiger charge is 2.43. The van der Waals surface area contributed by atoms with Crippen LogP contribution in [0.1, 0.15) is 50.7 Å². The van der Waals surface area contributed by atoms with Crippen molar-refractivity contribution in [2.45, 2.75) is 51.3 Å². The molecule has 21 heavy (non-hydrogen) atoms. The van der Waals surface area contributed by atoms with Crippen molar-refractivity contribution < 1.29 is 22.7 Å². The Morgan fingerprint density at radius 1 is 1.24 bits per heavy atom. The summed E-state index contributed by atoms with van der Waals surface area (Å²) in [4.78, 5) is 0. The first-order chi connectivity index (χ1) is 9.66. The molecule has 1 aromatic rings. The number of hydrogen-bond acceptors (Lipinski definition) is 1. The van der Waals surface area contributed by atoms with Crippen molar-refractivity contribution in [3.63, 3.8) is 0 Å². The number of aliphatic hydroxyl groups is 1. The second-order valence-electron chi connectivity index (χ2n) is 6.21. The molecule has 5 heteroatoms. The first-order valence-electron chi connectivity index (χ1n) is 7.26. The van der Waals surface area contributed by atoms with Crippen LogP contribution in [0.25, 0.3) is 0 Å². The Morgan fingerprint density at radius 3 is 2.48 bits per heavy atom. The Morgan fingerprint density at radius 2 is 1.90 bits per heavy atom. The summed E-state index contributed by atoms with van der Waals surface area (Å²) in [6.45, 7) is 3.91. The standard InChI is InChI=1S/C16H20F4O/c1-10(2)12-5-3-4-8-15(12,21)11-6-7-14(17)13(9-11)16(18,19)20/h6-7,9-10,12,21H,3-5,8H2,1-2H3. The fourth-order valence-corrected chi connectivity index (χ4v) is 3.44. The van der Waals surface area contributed by atoms with Crippen LogP contribution in [0.4, 0.5) is 17.6 Å². The van der Waals surface area contributed by atoms with Gasteiger partial charge in [0.15, 0.2) is 0 Å². The third-order valence-electron chi connectivity index (χ3n) is 4.51. The van der Waals surface area contributed by atoms with Crippen LogP contribution in [0.3, 0.4) is 0 Å². The maximum absolute atomic E-state index is 13.4. The van der Waals surface area contributed by atoms with E-state index < -0.39 is 23.2 Å². The van der Waals surface area contributed by atoms with E-state index in [1.807, 2.05) is 13.8 Å². The van der Waals surface area contributed by atoms with Crippen LogP contribution in [-0.4, -0.2) is 5.11 Å². The van der Waals surface area contributed by atoms with Gasteiger partial charge in [-0.05, 0) is 42.4 Å². The topological polar surface area (TPSA) is 20.2 Å². The lowest BCUT2D eigenvalue weighted by Gasteiger charge is -2.43. The Kier molecular flexibility index (Phi) is 4.34. The monoisotopic (exact) mass is 304 g/mol. The number of rotatable bonds is 2. The van der Waals surface area contributed by atoms with Crippen LogP contribution in [-0.2, 0) is 11.8 Å². The average molecular weight is 304 g/mol. The zero-order valence-electron chi connectivity index (χ0n) is 12.2. The van der Waals surface area contributed by atoms with Gasteiger partial charge in [0.1, 0.15) is 5.82 Å². The molecule has 2 rings (SSSR count). The van der Waals surface area contributed by atoms with Gasteiger partial charge in [-0.25, -0.2) is 4.39 Å². The number of halogens is 4. The first kappa shape index (κ1) is 16.3. The van der Waals surface area contributed by atoms with E-state index in [0.717, 1.165) is 31.4 Å². The van der Waals surface area contributed by atoms with Crippen LogP contribution in [0, 0.1) is 17.7 Å². The Balaban J connectivity index is 2.49. The molecule has 0 aromatic heterocycles. The molecule has 1 aliphatic carbocycles. The Labute approximate surface area is 122 Å². The molecule has 1 fully saturated rings. The lowest BCUT2D eigenvalue weighted by Crippen LogP contribution is -2.41. The molecule has 1 aliphatic rings. The molecular formula is C16H20F4O. The smallest absolute Gasteiger partial charge is 0.385 e. The van der Waals surface area contributed by atoms with E-state index in [-0.39, 0.29) is 17.4 Å². The molecule has 2 unspecified atom stereocenters. The largest absolute Gasteiger partial charge is 0.419 e. The highest BCUT2D eigenvalue weighted by molar-refractivity contribution is 5.32. The van der Waals surface area contributed by atoms with Crippen LogP contribution in [0.2, 0.25) is 0 Å². The van der Waals surface area contributed by atoms with Crippen molar-refractivity contribution in [3.05, 3.63) is 35.1 Å². The highest BCUT2D eigenvalue weighted by atomic mass is 19.4. The van der Waals surface area contributed by atoms with Crippen LogP contribution in [0.15, 0.2) is 18.2 Å². The van der Waals surface area contributed by atoms with Gasteiger partial charge in [0.05, 0.1) is 11.2 Å². The summed E-state index contributed by atoms with van der Waals surface area (Å²) < 4.78 is 52.0. The fraction of sp³-hybridized carbons (Fsp3) is 0.625. The van der Waals surface area contributed by atoms with Gasteiger partial charge >= 0.3 is 6.18 Å². The molecule has 0 bridgehead atoms. The van der Waals surface area contributed by atoms with Gasteiger partial charge in [0, 0.05) is 0 Å². The zero-order chi connectivity index (χ0) is 15.8. The summed E-state index contributed by atoms with van der Waals surface area (Å²) in [6.07, 6.45) is -1.85. The Bertz CT molecular complexity index is 509. The van der Waals surface area contributed by atoms with Crippen molar-refractivity contribution in [1.82, 2.24) is 0 Å². The quantitative estimate of drug-likeness (QED) is 0.772. The summed E-state index contributed by atoms with van der Waals surface area (Å²) in [7, 11) is 0. The number of alkyl halides is 3. The van der Waals surface area contributed by atoms with Gasteiger partial charge in [-0.2, -0.15) is 13.2 Å². The second kappa shape index (κ2) is 5.59. The lowest BCUT2D eigenvalue weighted by molar-refractivity contribution is -0.140. The molecule has 0 radical (unpaired) electrons. The predicted molar refractivity (Wildman–Crippen MR) is 72.1 cm³/mol. The molecule has 0 heterocycles. The molecule has 1 nitrogen and oxygen atoms in total. The van der Waals surface area contributed by atoms with Crippen LogP contribution >= 0.6 is 0 Å². The summed E-state index contributed by atoms with van der Waals surface area (Å²) in [5.74, 6) is -1.26. The van der Waals surface area contributed by atoms with Crippen LogP contribution < -0.4 is 0 Å². The van der Waals surface area contributed by atoms with Gasteiger partial charge < -0.3 is 5.11 Å². The maximum atomic E-state index is 13.4. The van der Waals surface area contributed by atoms with E-state index in [1.165, 1.54) is 6.07 Å². The second-order valence-corrected chi connectivity index (χ2v) is 6.21. The van der Waals surface area contributed by atoms with E-state index >= 15 is 0 Å². The summed E-state index contributed by atoms with van der Waals surface area (Å²) in [6, 6.07) is 2.86. The van der Waals surface area contributed by atoms with E-state index in [0.29, 0.717) is 6.42 Å². The van der Waals surface area contributed by atoms with E-state index in [2.05, 4.69) is 0 Å². The van der Waals surface area contributed by atoms with Gasteiger partial charge in [0.25, 0.3) is 0 Å². The molecule has 118 valence electrons. The minimum absolute atomic E-state index is 0.113. The number of hydrogen-bond donors (Lipinski definition) is 1. The third kappa shape index (κ3) is 3.07. The molecule has 0 saturated heterocycles. The molecule has 0 spiro atoms. The van der Waals surface area contributed by atoms with Crippen molar-refractivity contribution in [1.29, 1.82) is 0 Å². The van der Waals surface area contributed by atoms with E-state index in [1.54, 1.807) is 0 Å². The molecule has 1 saturated carbocycles. The first-order valence-corrected chi connectivity index (χ1v) is 7.26. The van der Waals surface area contributed by atoms with E-state index in [9.17, 15) is 22.7 Å². The molecule has 0 amide bonds. The predicted octanol–water partition coefficient (Wildman–Crippen LogP) is 4.88. The zero-order valence-corrected chi connectivity index (χ0v) is 12.2. The van der Waals surface area contributed by atoms with Gasteiger partial charge in [-0.1, -0.05) is 32.8 Å². The molecule has 0 aliphatic heterocycles. The average Bonchev–Trinajstić information content (AvgIpc) is 2.37. The van der Waals surface area contributed by atoms with Crippen molar-refractivity contribution in [3.8, 4) is 0 Å². The highest BCUT2D eigenvalue weighted by Crippen LogP contribution is 2.46. The normalized spacial score (nSPS) is 27.1. The molecular weight excluding hydrogens is 284 g/mol. The van der Waals surface area contributed by atoms with Gasteiger partial charge in [-0.3, -0.25) is 0 Å². The van der Waals surface area contributed by atoms with Crippen molar-refractivity contribution in [2.75, 3.05) is 0 Å². The van der Waals surface area contributed by atoms with Gasteiger partial charge in [0.2, 0.25) is 0 Å². The maximum Gasteiger partial charge on any atom is 0.419 e. The minimum Gasteiger partial charge on any atom is -0.385 e.